The van der Waals surface area contributed by atoms with Gasteiger partial charge in [-0.1, -0.05) is 49.2 Å². The summed E-state index contributed by atoms with van der Waals surface area (Å²) in [6.45, 7) is 5.07. The van der Waals surface area contributed by atoms with Crippen molar-refractivity contribution in [2.45, 2.75) is 33.3 Å². The summed E-state index contributed by atoms with van der Waals surface area (Å²) in [6.07, 6.45) is 3.41. The highest BCUT2D eigenvalue weighted by atomic mass is 16.5. The molecule has 0 saturated carbocycles. The van der Waals surface area contributed by atoms with Crippen molar-refractivity contribution in [2.75, 3.05) is 13.7 Å². The van der Waals surface area contributed by atoms with Crippen molar-refractivity contribution in [1.82, 2.24) is 5.32 Å². The van der Waals surface area contributed by atoms with Crippen molar-refractivity contribution < 1.29 is 14.3 Å². The molecule has 5 heteroatoms. The van der Waals surface area contributed by atoms with Gasteiger partial charge in [0, 0.05) is 6.54 Å². The van der Waals surface area contributed by atoms with Crippen molar-refractivity contribution >= 4 is 12.0 Å². The summed E-state index contributed by atoms with van der Waals surface area (Å²) >= 11 is 0. The maximum Gasteiger partial charge on any atom is 0.261 e. The van der Waals surface area contributed by atoms with E-state index in [-0.39, 0.29) is 11.5 Å². The average Bonchev–Trinajstić information content (AvgIpc) is 2.72. The molecule has 2 aromatic rings. The standard InChI is InChI=1S/C23H26N2O3/c1-4-5-12-25-23(26)20(15-24)13-19-10-11-21(22(14-19)27-3)28-16-18-8-6-17(2)7-9-18/h6-11,13-14H,4-5,12,16H2,1-3H3,(H,25,26)/b20-13-. The second-order valence-electron chi connectivity index (χ2n) is 6.46. The van der Waals surface area contributed by atoms with Gasteiger partial charge < -0.3 is 14.8 Å². The number of unbranched alkanes of at least 4 members (excludes halogenated alkanes) is 1. The fourth-order valence-electron chi connectivity index (χ4n) is 2.53. The maximum atomic E-state index is 12.1. The molecule has 2 aromatic carbocycles. The van der Waals surface area contributed by atoms with Crippen LogP contribution in [0.4, 0.5) is 0 Å². The van der Waals surface area contributed by atoms with E-state index >= 15 is 0 Å². The Kier molecular flexibility index (Phi) is 8.11. The number of methoxy groups -OCH3 is 1. The summed E-state index contributed by atoms with van der Waals surface area (Å²) in [5, 5.41) is 12.0. The van der Waals surface area contributed by atoms with Gasteiger partial charge in [-0.15, -0.1) is 0 Å². The molecule has 0 heterocycles. The average molecular weight is 378 g/mol. The van der Waals surface area contributed by atoms with Crippen LogP contribution in [0, 0.1) is 18.3 Å². The number of carbonyl (C=O) groups excluding carboxylic acids is 1. The van der Waals surface area contributed by atoms with Gasteiger partial charge in [0.05, 0.1) is 7.11 Å². The number of ether oxygens (including phenoxy) is 2. The van der Waals surface area contributed by atoms with Gasteiger partial charge in [-0.3, -0.25) is 4.79 Å². The first-order valence-electron chi connectivity index (χ1n) is 9.33. The first-order chi connectivity index (χ1) is 13.6. The zero-order valence-corrected chi connectivity index (χ0v) is 16.6. The third-order valence-corrected chi connectivity index (χ3v) is 4.19. The van der Waals surface area contributed by atoms with Crippen molar-refractivity contribution in [3.05, 3.63) is 64.7 Å². The van der Waals surface area contributed by atoms with Gasteiger partial charge in [0.2, 0.25) is 0 Å². The number of rotatable bonds is 9. The molecule has 0 aliphatic carbocycles. The number of carbonyl (C=O) groups is 1. The predicted molar refractivity (Wildman–Crippen MR) is 110 cm³/mol. The third kappa shape index (κ3) is 6.17. The Hall–Kier alpha value is -3.26. The van der Waals surface area contributed by atoms with Crippen LogP contribution in [0.25, 0.3) is 6.08 Å². The number of aryl methyl sites for hydroxylation is 1. The molecule has 0 bridgehead atoms. The van der Waals surface area contributed by atoms with Gasteiger partial charge in [0.25, 0.3) is 5.91 Å². The Labute approximate surface area is 166 Å². The lowest BCUT2D eigenvalue weighted by atomic mass is 10.1. The SMILES string of the molecule is CCCCNC(=O)/C(C#N)=C\c1ccc(OCc2ccc(C)cc2)c(OC)c1. The van der Waals surface area contributed by atoms with Crippen LogP contribution in [-0.4, -0.2) is 19.6 Å². The van der Waals surface area contributed by atoms with Crippen LogP contribution >= 0.6 is 0 Å². The van der Waals surface area contributed by atoms with Gasteiger partial charge in [-0.05, 0) is 42.7 Å². The molecule has 0 atom stereocenters. The molecule has 0 aliphatic heterocycles. The smallest absolute Gasteiger partial charge is 0.261 e. The highest BCUT2D eigenvalue weighted by Gasteiger charge is 2.10. The molecule has 2 rings (SSSR count). The Morgan fingerprint density at radius 2 is 1.93 bits per heavy atom. The van der Waals surface area contributed by atoms with E-state index in [4.69, 9.17) is 9.47 Å². The minimum atomic E-state index is -0.366. The molecule has 0 aliphatic rings. The summed E-state index contributed by atoms with van der Waals surface area (Å²) in [5.41, 5.74) is 3.02. The molecule has 1 amide bonds. The molecule has 0 radical (unpaired) electrons. The van der Waals surface area contributed by atoms with Gasteiger partial charge in [-0.25, -0.2) is 0 Å². The van der Waals surface area contributed by atoms with Crippen LogP contribution in [0.3, 0.4) is 0 Å². The fraction of sp³-hybridized carbons (Fsp3) is 0.304. The van der Waals surface area contributed by atoms with Gasteiger partial charge >= 0.3 is 0 Å². The highest BCUT2D eigenvalue weighted by Crippen LogP contribution is 2.29. The van der Waals surface area contributed by atoms with E-state index in [2.05, 4.69) is 5.32 Å². The molecular formula is C23H26N2O3. The van der Waals surface area contributed by atoms with Gasteiger partial charge in [-0.2, -0.15) is 5.26 Å². The van der Waals surface area contributed by atoms with Crippen LogP contribution in [0.1, 0.15) is 36.5 Å². The zero-order chi connectivity index (χ0) is 20.4. The lowest BCUT2D eigenvalue weighted by Crippen LogP contribution is -2.25. The van der Waals surface area contributed by atoms with Crippen molar-refractivity contribution in [1.29, 1.82) is 5.26 Å². The second kappa shape index (κ2) is 10.8. The Morgan fingerprint density at radius 3 is 2.57 bits per heavy atom. The number of benzene rings is 2. The monoisotopic (exact) mass is 378 g/mol. The van der Waals surface area contributed by atoms with Crippen LogP contribution < -0.4 is 14.8 Å². The minimum absolute atomic E-state index is 0.0616. The number of nitrogens with one attached hydrogen (secondary N) is 1. The molecule has 0 aromatic heterocycles. The molecule has 28 heavy (non-hydrogen) atoms. The molecule has 0 fully saturated rings. The van der Waals surface area contributed by atoms with Crippen molar-refractivity contribution in [2.24, 2.45) is 0 Å². The van der Waals surface area contributed by atoms with E-state index in [0.717, 1.165) is 18.4 Å². The van der Waals surface area contributed by atoms with E-state index < -0.39 is 0 Å². The number of hydrogen-bond acceptors (Lipinski definition) is 4. The summed E-state index contributed by atoms with van der Waals surface area (Å²) in [7, 11) is 1.56. The van der Waals surface area contributed by atoms with Crippen molar-refractivity contribution in [3.63, 3.8) is 0 Å². The third-order valence-electron chi connectivity index (χ3n) is 4.19. The summed E-state index contributed by atoms with van der Waals surface area (Å²) in [6, 6.07) is 15.4. The molecule has 0 unspecified atom stereocenters. The van der Waals surface area contributed by atoms with Crippen LogP contribution in [0.2, 0.25) is 0 Å². The number of hydrogen-bond donors (Lipinski definition) is 1. The number of amides is 1. The van der Waals surface area contributed by atoms with Crippen molar-refractivity contribution in [3.8, 4) is 17.6 Å². The first kappa shape index (κ1) is 21.0. The summed E-state index contributed by atoms with van der Waals surface area (Å²) < 4.78 is 11.3. The molecular weight excluding hydrogens is 352 g/mol. The van der Waals surface area contributed by atoms with Gasteiger partial charge in [0.1, 0.15) is 18.2 Å². The van der Waals surface area contributed by atoms with E-state index in [1.165, 1.54) is 5.56 Å². The quantitative estimate of drug-likeness (QED) is 0.399. The minimum Gasteiger partial charge on any atom is -0.493 e. The molecule has 0 saturated heterocycles. The topological polar surface area (TPSA) is 71.4 Å². The lowest BCUT2D eigenvalue weighted by molar-refractivity contribution is -0.117. The first-order valence-corrected chi connectivity index (χ1v) is 9.33. The molecule has 5 nitrogen and oxygen atoms in total. The van der Waals surface area contributed by atoms with E-state index in [9.17, 15) is 10.1 Å². The second-order valence-corrected chi connectivity index (χ2v) is 6.46. The van der Waals surface area contributed by atoms with Crippen LogP contribution in [0.15, 0.2) is 48.0 Å². The predicted octanol–water partition coefficient (Wildman–Crippen LogP) is 4.41. The largest absolute Gasteiger partial charge is 0.493 e. The Balaban J connectivity index is 2.11. The van der Waals surface area contributed by atoms with Crippen LogP contribution in [0.5, 0.6) is 11.5 Å². The fourth-order valence-corrected chi connectivity index (χ4v) is 2.53. The summed E-state index contributed by atoms with van der Waals surface area (Å²) in [5.74, 6) is 0.783. The van der Waals surface area contributed by atoms with E-state index in [0.29, 0.717) is 30.2 Å². The van der Waals surface area contributed by atoms with Crippen LogP contribution in [-0.2, 0) is 11.4 Å². The molecule has 0 spiro atoms. The van der Waals surface area contributed by atoms with Gasteiger partial charge in [0.15, 0.2) is 11.5 Å². The Bertz CT molecular complexity index is 864. The normalized spacial score (nSPS) is 10.9. The zero-order valence-electron chi connectivity index (χ0n) is 16.6. The number of nitriles is 1. The molecule has 146 valence electrons. The lowest BCUT2D eigenvalue weighted by Gasteiger charge is -2.12. The highest BCUT2D eigenvalue weighted by molar-refractivity contribution is 6.01. The van der Waals surface area contributed by atoms with E-state index in [1.54, 1.807) is 31.4 Å². The maximum absolute atomic E-state index is 12.1. The summed E-state index contributed by atoms with van der Waals surface area (Å²) in [4.78, 5) is 12.1. The molecule has 1 N–H and O–H groups in total. The number of nitrogens with zero attached hydrogens (tertiary/aromatic N) is 1. The Morgan fingerprint density at radius 1 is 1.18 bits per heavy atom. The van der Waals surface area contributed by atoms with E-state index in [1.807, 2.05) is 44.2 Å².